The molecule has 5 heavy (non-hydrogen) atoms. The summed E-state index contributed by atoms with van der Waals surface area (Å²) in [4.78, 5) is 0. The third-order valence-electron chi connectivity index (χ3n) is 0. The molecule has 0 rings (SSSR count). The largest absolute Gasteiger partial charge is 2.00 e. The molecule has 0 spiro atoms. The summed E-state index contributed by atoms with van der Waals surface area (Å²) in [7, 11) is -6.00. The monoisotopic (exact) mass is 92.1 g/mol. The molecule has 0 fully saturated rings. The molecular formula is C2H6MgO2. The van der Waals surface area contributed by atoms with Crippen LogP contribution in [0.1, 0.15) is 8.22 Å². The minimum Gasteiger partial charge on any atom is -0.857 e. The van der Waals surface area contributed by atoms with E-state index in [2.05, 4.69) is 0 Å². The Balaban J connectivity index is -0.000000107. The Morgan fingerprint density at radius 2 is 1.40 bits per heavy atom. The van der Waals surface area contributed by atoms with Crippen molar-refractivity contribution < 1.29 is 18.4 Å². The fourth-order valence-electron chi connectivity index (χ4n) is 0. The molecule has 0 aliphatic carbocycles. The van der Waals surface area contributed by atoms with E-state index >= 15 is 0 Å². The average molecular weight is 92.4 g/mol. The maximum atomic E-state index is 9.10. The van der Waals surface area contributed by atoms with Crippen molar-refractivity contribution in [3.05, 3.63) is 0 Å². The zero-order chi connectivity index (χ0) is 9.00. The summed E-state index contributed by atoms with van der Waals surface area (Å²) >= 11 is 0. The van der Waals surface area contributed by atoms with Crippen LogP contribution in [0.5, 0.6) is 0 Å². The van der Waals surface area contributed by atoms with Crippen molar-refractivity contribution in [3.8, 4) is 0 Å². The van der Waals surface area contributed by atoms with E-state index in [-0.39, 0.29) is 23.1 Å². The third-order valence-corrected chi connectivity index (χ3v) is 0. The van der Waals surface area contributed by atoms with Crippen LogP contribution in [-0.4, -0.2) is 37.1 Å². The van der Waals surface area contributed by atoms with Crippen LogP contribution >= 0.6 is 0 Å². The first-order chi connectivity index (χ1) is 4.00. The van der Waals surface area contributed by atoms with Gasteiger partial charge in [0.2, 0.25) is 0 Å². The Morgan fingerprint density at radius 3 is 1.40 bits per heavy atom. The molecule has 0 aromatic heterocycles. The van der Waals surface area contributed by atoms with E-state index in [9.17, 15) is 0 Å². The van der Waals surface area contributed by atoms with Crippen LogP contribution in [0.4, 0.5) is 0 Å². The average Bonchev–Trinajstić information content (AvgIpc) is 1.12. The van der Waals surface area contributed by atoms with E-state index in [1.165, 1.54) is 0 Å². The predicted octanol–water partition coefficient (Wildman–Crippen LogP) is -2.43. The van der Waals surface area contributed by atoms with Crippen molar-refractivity contribution in [1.82, 2.24) is 0 Å². The van der Waals surface area contributed by atoms with Crippen molar-refractivity contribution in [2.45, 2.75) is 0 Å². The molecule has 0 bridgehead atoms. The first kappa shape index (κ1) is 1.66. The summed E-state index contributed by atoms with van der Waals surface area (Å²) in [6.07, 6.45) is 0. The number of rotatable bonds is 0. The molecule has 0 N–H and O–H groups in total. The summed E-state index contributed by atoms with van der Waals surface area (Å²) in [6.45, 7) is 0. The maximum absolute atomic E-state index is 9.10. The standard InChI is InChI=1S/2CH3O.Mg/c2*1-2;/h2*1H3;/q2*-1;+2/i2*1D3;. The van der Waals surface area contributed by atoms with Crippen molar-refractivity contribution in [2.24, 2.45) is 0 Å². The Morgan fingerprint density at radius 1 is 1.40 bits per heavy atom. The summed E-state index contributed by atoms with van der Waals surface area (Å²) in [5, 5.41) is 18.2. The molecule has 0 unspecified atom stereocenters. The Hall–Kier alpha value is 0.686. The molecule has 3 heteroatoms. The van der Waals surface area contributed by atoms with E-state index in [0.717, 1.165) is 0 Å². The second-order valence-corrected chi connectivity index (χ2v) is 0. The van der Waals surface area contributed by atoms with Gasteiger partial charge in [-0.05, 0) is 0 Å². The molecule has 0 saturated carbocycles. The third kappa shape index (κ3) is 71.8. The molecule has 0 saturated heterocycles. The van der Waals surface area contributed by atoms with Gasteiger partial charge in [0.25, 0.3) is 0 Å². The van der Waals surface area contributed by atoms with Gasteiger partial charge in [-0.2, -0.15) is 14.1 Å². The topological polar surface area (TPSA) is 46.1 Å². The van der Waals surface area contributed by atoms with Crippen LogP contribution < -0.4 is 10.2 Å². The van der Waals surface area contributed by atoms with Crippen molar-refractivity contribution in [1.29, 1.82) is 0 Å². The van der Waals surface area contributed by atoms with Gasteiger partial charge in [-0.1, -0.05) is 0 Å². The second kappa shape index (κ2) is 135. The van der Waals surface area contributed by atoms with E-state index < -0.39 is 14.1 Å². The van der Waals surface area contributed by atoms with E-state index in [0.29, 0.717) is 0 Å². The predicted molar refractivity (Wildman–Crippen MR) is 17.6 cm³/mol. The van der Waals surface area contributed by atoms with Gasteiger partial charge >= 0.3 is 23.1 Å². The Labute approximate surface area is 56.4 Å². The smallest absolute Gasteiger partial charge is 0.857 e. The molecule has 0 aromatic carbocycles. The van der Waals surface area contributed by atoms with Gasteiger partial charge in [-0.25, -0.2) is 0 Å². The molecule has 0 aliphatic heterocycles. The van der Waals surface area contributed by atoms with Crippen LogP contribution in [0.2, 0.25) is 0 Å². The van der Waals surface area contributed by atoms with Crippen LogP contribution in [0.3, 0.4) is 0 Å². The van der Waals surface area contributed by atoms with Crippen molar-refractivity contribution >= 4 is 23.1 Å². The summed E-state index contributed by atoms with van der Waals surface area (Å²) in [5.74, 6) is 0. The fourth-order valence-corrected chi connectivity index (χ4v) is 0. The van der Waals surface area contributed by atoms with Crippen LogP contribution in [-0.2, 0) is 0 Å². The summed E-state index contributed by atoms with van der Waals surface area (Å²) in [5.41, 5.74) is 0. The Kier molecular flexibility index (Phi) is 44.8. The summed E-state index contributed by atoms with van der Waals surface area (Å²) < 4.78 is 34.3. The van der Waals surface area contributed by atoms with E-state index in [4.69, 9.17) is 18.4 Å². The molecule has 0 heterocycles. The molecule has 0 atom stereocenters. The quantitative estimate of drug-likeness (QED) is 0.312. The summed E-state index contributed by atoms with van der Waals surface area (Å²) in [6, 6.07) is 0. The van der Waals surface area contributed by atoms with Crippen molar-refractivity contribution in [3.63, 3.8) is 0 Å². The van der Waals surface area contributed by atoms with Crippen molar-refractivity contribution in [2.75, 3.05) is 14.1 Å². The van der Waals surface area contributed by atoms with Gasteiger partial charge < -0.3 is 10.2 Å². The molecular weight excluding hydrogens is 80.3 g/mol. The zero-order valence-electron chi connectivity index (χ0n) is 8.52. The van der Waals surface area contributed by atoms with Crippen LogP contribution in [0.25, 0.3) is 0 Å². The molecule has 28 valence electrons. The van der Waals surface area contributed by atoms with Gasteiger partial charge in [-0.3, -0.25) is 0 Å². The van der Waals surface area contributed by atoms with Gasteiger partial charge in [0, 0.05) is 8.22 Å². The van der Waals surface area contributed by atoms with Gasteiger partial charge in [0.05, 0.1) is 0 Å². The van der Waals surface area contributed by atoms with Gasteiger partial charge in [0.15, 0.2) is 0 Å². The maximum Gasteiger partial charge on any atom is 2.00 e. The van der Waals surface area contributed by atoms with E-state index in [1.54, 1.807) is 0 Å². The molecule has 0 amide bonds. The minimum atomic E-state index is -3.00. The normalized spacial score (nSPS) is 25.2. The van der Waals surface area contributed by atoms with Crippen LogP contribution in [0.15, 0.2) is 0 Å². The SMILES string of the molecule is [2H]C([2H])([2H])[O-].[2H]C([2H])([2H])[O-].[Mg+2]. The van der Waals surface area contributed by atoms with Gasteiger partial charge in [-0.15, -0.1) is 0 Å². The molecule has 2 nitrogen and oxygen atoms in total. The molecule has 0 aliphatic rings. The molecule has 0 radical (unpaired) electrons. The minimum absolute atomic E-state index is 0. The zero-order valence-corrected chi connectivity index (χ0v) is 3.94. The number of hydrogen-bond donors (Lipinski definition) is 0. The fraction of sp³-hybridized carbons (Fsp3) is 1.00. The Bertz CT molecular complexity index is 61.6. The first-order valence-corrected chi connectivity index (χ1v) is 0.408. The second-order valence-electron chi connectivity index (χ2n) is 0. The van der Waals surface area contributed by atoms with E-state index in [1.807, 2.05) is 0 Å². The molecule has 0 aromatic rings. The van der Waals surface area contributed by atoms with Crippen LogP contribution in [0, 0.1) is 0 Å². The first-order valence-electron chi connectivity index (χ1n) is 3.41. The van der Waals surface area contributed by atoms with Gasteiger partial charge in [0.1, 0.15) is 0 Å². The number of hydrogen-bond acceptors (Lipinski definition) is 2.